The van der Waals surface area contributed by atoms with Crippen LogP contribution >= 0.6 is 0 Å². The number of ketones is 1. The van der Waals surface area contributed by atoms with Crippen LogP contribution in [-0.4, -0.2) is 23.7 Å². The molecular weight excluding hydrogens is 358 g/mol. The standard InChI is InChI=1S/C21H17N3O4/c1-22-18-11-10-16(13-19(18)24(27)28)21(26)23-17-9-5-8-15(12-17)20(25)14-6-3-2-4-7-14/h2-13,22H,1H3,(H,23,26). The normalized spacial score (nSPS) is 10.2. The van der Waals surface area contributed by atoms with E-state index in [2.05, 4.69) is 10.6 Å². The Labute approximate surface area is 161 Å². The minimum Gasteiger partial charge on any atom is -0.383 e. The van der Waals surface area contributed by atoms with Crippen LogP contribution in [0.2, 0.25) is 0 Å². The van der Waals surface area contributed by atoms with Crippen LogP contribution in [-0.2, 0) is 0 Å². The largest absolute Gasteiger partial charge is 0.383 e. The van der Waals surface area contributed by atoms with E-state index in [-0.39, 0.29) is 17.0 Å². The van der Waals surface area contributed by atoms with E-state index in [1.807, 2.05) is 6.07 Å². The molecule has 3 aromatic rings. The fourth-order valence-corrected chi connectivity index (χ4v) is 2.73. The first-order valence-corrected chi connectivity index (χ1v) is 8.47. The van der Waals surface area contributed by atoms with Crippen molar-refractivity contribution in [3.63, 3.8) is 0 Å². The number of rotatable bonds is 6. The Morgan fingerprint density at radius 3 is 2.25 bits per heavy atom. The van der Waals surface area contributed by atoms with Crippen molar-refractivity contribution in [2.24, 2.45) is 0 Å². The highest BCUT2D eigenvalue weighted by molar-refractivity contribution is 6.10. The number of nitro groups is 1. The van der Waals surface area contributed by atoms with Gasteiger partial charge in [-0.1, -0.05) is 42.5 Å². The summed E-state index contributed by atoms with van der Waals surface area (Å²) < 4.78 is 0. The first-order valence-electron chi connectivity index (χ1n) is 8.47. The van der Waals surface area contributed by atoms with Crippen LogP contribution in [0.4, 0.5) is 17.1 Å². The molecule has 0 spiro atoms. The van der Waals surface area contributed by atoms with Crippen molar-refractivity contribution in [1.29, 1.82) is 0 Å². The Balaban J connectivity index is 1.83. The molecule has 0 aliphatic heterocycles. The quantitative estimate of drug-likeness (QED) is 0.383. The molecule has 0 heterocycles. The molecule has 7 heteroatoms. The lowest BCUT2D eigenvalue weighted by atomic mass is 10.0. The molecule has 1 amide bonds. The zero-order valence-electron chi connectivity index (χ0n) is 15.0. The molecule has 7 nitrogen and oxygen atoms in total. The number of benzene rings is 3. The molecule has 140 valence electrons. The van der Waals surface area contributed by atoms with Crippen LogP contribution < -0.4 is 10.6 Å². The van der Waals surface area contributed by atoms with Gasteiger partial charge >= 0.3 is 0 Å². The van der Waals surface area contributed by atoms with Gasteiger partial charge in [0.1, 0.15) is 5.69 Å². The van der Waals surface area contributed by atoms with E-state index >= 15 is 0 Å². The second-order valence-corrected chi connectivity index (χ2v) is 5.97. The third-order valence-electron chi connectivity index (χ3n) is 4.14. The summed E-state index contributed by atoms with van der Waals surface area (Å²) in [5.74, 6) is -0.666. The number of carbonyl (C=O) groups excluding carboxylic acids is 2. The summed E-state index contributed by atoms with van der Waals surface area (Å²) in [7, 11) is 1.57. The van der Waals surface area contributed by atoms with Crippen LogP contribution in [0.15, 0.2) is 72.8 Å². The van der Waals surface area contributed by atoms with Gasteiger partial charge in [-0.2, -0.15) is 0 Å². The molecule has 0 aliphatic carbocycles. The molecule has 0 saturated carbocycles. The van der Waals surface area contributed by atoms with Gasteiger partial charge in [0.2, 0.25) is 0 Å². The molecule has 3 aromatic carbocycles. The number of hydrogen-bond acceptors (Lipinski definition) is 5. The van der Waals surface area contributed by atoms with E-state index < -0.39 is 10.8 Å². The van der Waals surface area contributed by atoms with Crippen molar-refractivity contribution in [3.05, 3.63) is 99.6 Å². The number of amides is 1. The second kappa shape index (κ2) is 8.13. The van der Waals surface area contributed by atoms with Gasteiger partial charge in [0.05, 0.1) is 4.92 Å². The van der Waals surface area contributed by atoms with E-state index in [0.29, 0.717) is 22.5 Å². The van der Waals surface area contributed by atoms with Crippen molar-refractivity contribution in [2.45, 2.75) is 0 Å². The summed E-state index contributed by atoms with van der Waals surface area (Å²) in [5.41, 5.74) is 1.67. The lowest BCUT2D eigenvalue weighted by Crippen LogP contribution is -2.13. The maximum atomic E-state index is 12.5. The van der Waals surface area contributed by atoms with Crippen molar-refractivity contribution in [1.82, 2.24) is 0 Å². The van der Waals surface area contributed by atoms with E-state index in [9.17, 15) is 19.7 Å². The van der Waals surface area contributed by atoms with Crippen LogP contribution in [0.5, 0.6) is 0 Å². The summed E-state index contributed by atoms with van der Waals surface area (Å²) >= 11 is 0. The van der Waals surface area contributed by atoms with E-state index in [1.165, 1.54) is 18.2 Å². The first-order chi connectivity index (χ1) is 13.5. The van der Waals surface area contributed by atoms with Gasteiger partial charge in [-0.3, -0.25) is 19.7 Å². The maximum Gasteiger partial charge on any atom is 0.293 e. The molecule has 0 unspecified atom stereocenters. The van der Waals surface area contributed by atoms with Crippen molar-refractivity contribution >= 4 is 28.8 Å². The summed E-state index contributed by atoms with van der Waals surface area (Å²) in [5, 5.41) is 16.6. The highest BCUT2D eigenvalue weighted by Crippen LogP contribution is 2.25. The zero-order chi connectivity index (χ0) is 20.1. The molecule has 0 bridgehead atoms. The van der Waals surface area contributed by atoms with E-state index in [1.54, 1.807) is 55.6 Å². The average Bonchev–Trinajstić information content (AvgIpc) is 2.73. The Morgan fingerprint density at radius 1 is 0.857 bits per heavy atom. The maximum absolute atomic E-state index is 12.5. The SMILES string of the molecule is CNc1ccc(C(=O)Nc2cccc(C(=O)c3ccccc3)c2)cc1[N+](=O)[O-]. The van der Waals surface area contributed by atoms with Crippen LogP contribution in [0.25, 0.3) is 0 Å². The topological polar surface area (TPSA) is 101 Å². The van der Waals surface area contributed by atoms with Crippen LogP contribution in [0, 0.1) is 10.1 Å². The average molecular weight is 375 g/mol. The predicted molar refractivity (Wildman–Crippen MR) is 107 cm³/mol. The van der Waals surface area contributed by atoms with Crippen LogP contribution in [0.3, 0.4) is 0 Å². The van der Waals surface area contributed by atoms with E-state index in [0.717, 1.165) is 0 Å². The van der Waals surface area contributed by atoms with Gasteiger partial charge in [0.15, 0.2) is 5.78 Å². The number of carbonyl (C=O) groups is 2. The van der Waals surface area contributed by atoms with Gasteiger partial charge in [0.25, 0.3) is 11.6 Å². The predicted octanol–water partition coefficient (Wildman–Crippen LogP) is 4.12. The molecule has 28 heavy (non-hydrogen) atoms. The minimum atomic E-state index is -0.554. The lowest BCUT2D eigenvalue weighted by Gasteiger charge is -2.09. The fraction of sp³-hybridized carbons (Fsp3) is 0.0476. The molecule has 0 aliphatic rings. The van der Waals surface area contributed by atoms with Crippen LogP contribution in [0.1, 0.15) is 26.3 Å². The van der Waals surface area contributed by atoms with E-state index in [4.69, 9.17) is 0 Å². The number of nitrogens with zero attached hydrogens (tertiary/aromatic N) is 1. The molecule has 0 radical (unpaired) electrons. The molecule has 2 N–H and O–H groups in total. The van der Waals surface area contributed by atoms with Gasteiger partial charge in [0, 0.05) is 35.5 Å². The number of nitrogens with one attached hydrogen (secondary N) is 2. The van der Waals surface area contributed by atoms with Crippen molar-refractivity contribution < 1.29 is 14.5 Å². The third-order valence-corrected chi connectivity index (χ3v) is 4.14. The van der Waals surface area contributed by atoms with Gasteiger partial charge in [-0.05, 0) is 24.3 Å². The Hall–Kier alpha value is -4.00. The molecule has 0 aromatic heterocycles. The smallest absolute Gasteiger partial charge is 0.293 e. The van der Waals surface area contributed by atoms with Gasteiger partial charge < -0.3 is 10.6 Å². The summed E-state index contributed by atoms with van der Waals surface area (Å²) in [6.07, 6.45) is 0. The Bertz CT molecular complexity index is 1050. The third kappa shape index (κ3) is 4.04. The first kappa shape index (κ1) is 18.8. The van der Waals surface area contributed by atoms with Gasteiger partial charge in [-0.25, -0.2) is 0 Å². The lowest BCUT2D eigenvalue weighted by molar-refractivity contribution is -0.384. The Kier molecular flexibility index (Phi) is 5.45. The second-order valence-electron chi connectivity index (χ2n) is 5.97. The molecule has 3 rings (SSSR count). The molecular formula is C21H17N3O4. The van der Waals surface area contributed by atoms with Crippen molar-refractivity contribution in [2.75, 3.05) is 17.7 Å². The number of anilines is 2. The summed E-state index contributed by atoms with van der Waals surface area (Å²) in [6.45, 7) is 0. The minimum absolute atomic E-state index is 0.144. The Morgan fingerprint density at radius 2 is 1.57 bits per heavy atom. The number of nitro benzene ring substituents is 1. The zero-order valence-corrected chi connectivity index (χ0v) is 15.0. The highest BCUT2D eigenvalue weighted by atomic mass is 16.6. The van der Waals surface area contributed by atoms with Gasteiger partial charge in [-0.15, -0.1) is 0 Å². The fourth-order valence-electron chi connectivity index (χ4n) is 2.73. The summed E-state index contributed by atoms with van der Waals surface area (Å²) in [4.78, 5) is 35.7. The molecule has 0 atom stereocenters. The highest BCUT2D eigenvalue weighted by Gasteiger charge is 2.17. The molecule has 0 saturated heterocycles. The molecule has 0 fully saturated rings. The summed E-state index contributed by atoms with van der Waals surface area (Å²) in [6, 6.07) is 19.5. The number of hydrogen-bond donors (Lipinski definition) is 2. The monoisotopic (exact) mass is 375 g/mol. The van der Waals surface area contributed by atoms with Crippen molar-refractivity contribution in [3.8, 4) is 0 Å².